The Morgan fingerprint density at radius 2 is 1.94 bits per heavy atom. The number of anilines is 1. The predicted octanol–water partition coefficient (Wildman–Crippen LogP) is 6.46. The third-order valence-corrected chi connectivity index (χ3v) is 11.7. The maximum Gasteiger partial charge on any atom is 0.320 e. The van der Waals surface area contributed by atoms with Gasteiger partial charge in [-0.1, -0.05) is 36.9 Å². The summed E-state index contributed by atoms with van der Waals surface area (Å²) < 4.78 is 44.5. The van der Waals surface area contributed by atoms with Crippen molar-refractivity contribution in [2.45, 2.75) is 87.9 Å². The van der Waals surface area contributed by atoms with E-state index in [2.05, 4.69) is 25.5 Å². The van der Waals surface area contributed by atoms with E-state index in [0.717, 1.165) is 56.5 Å². The van der Waals surface area contributed by atoms with Crippen molar-refractivity contribution >= 4 is 54.8 Å². The van der Waals surface area contributed by atoms with Crippen LogP contribution in [0.4, 0.5) is 13.8 Å². The molecule has 5 aliphatic rings. The third kappa shape index (κ3) is 6.32. The first-order valence-corrected chi connectivity index (χ1v) is 18.6. The molecule has 0 radical (unpaired) electrons. The van der Waals surface area contributed by atoms with Crippen LogP contribution in [0.3, 0.4) is 0 Å². The van der Waals surface area contributed by atoms with Crippen molar-refractivity contribution in [3.8, 4) is 29.1 Å². The van der Waals surface area contributed by atoms with E-state index in [0.29, 0.717) is 26.0 Å². The van der Waals surface area contributed by atoms with Gasteiger partial charge in [0.1, 0.15) is 35.1 Å². The molecule has 50 heavy (non-hydrogen) atoms. The van der Waals surface area contributed by atoms with Gasteiger partial charge in [0.2, 0.25) is 11.8 Å². The highest BCUT2D eigenvalue weighted by Gasteiger charge is 2.45. The normalized spacial score (nSPS) is 23.3. The summed E-state index contributed by atoms with van der Waals surface area (Å²) in [6, 6.07) is 5.97. The van der Waals surface area contributed by atoms with Gasteiger partial charge >= 0.3 is 6.01 Å². The van der Waals surface area contributed by atoms with Crippen molar-refractivity contribution in [1.29, 1.82) is 5.26 Å². The average molecular weight is 722 g/mol. The molecule has 5 heterocycles. The Morgan fingerprint density at radius 1 is 1.18 bits per heavy atom. The summed E-state index contributed by atoms with van der Waals surface area (Å²) in [6.07, 6.45) is 10.4. The third-order valence-electron chi connectivity index (χ3n) is 10.4. The molecular weight excluding hydrogens is 684 g/mol. The number of aromatic nitrogens is 2. The fraction of sp³-hybridized carbons (Fsp3) is 0.500. The number of carbonyl (C=O) groups excluding carboxylic acids is 1. The Hall–Kier alpha value is -3.83. The average Bonchev–Trinajstić information content (AvgIpc) is 4.01. The lowest BCUT2D eigenvalue weighted by atomic mass is 9.95. The summed E-state index contributed by atoms with van der Waals surface area (Å²) in [5.74, 6) is -1.23. The monoisotopic (exact) mass is 721 g/mol. The van der Waals surface area contributed by atoms with Gasteiger partial charge in [-0.25, -0.2) is 8.78 Å². The molecule has 14 heteroatoms. The summed E-state index contributed by atoms with van der Waals surface area (Å²) in [6.45, 7) is 3.09. The number of nitrogen functional groups attached to an aromatic ring is 1. The molecule has 3 saturated heterocycles. The number of ether oxygens (including phenoxy) is 2. The van der Waals surface area contributed by atoms with E-state index in [1.165, 1.54) is 37.5 Å². The van der Waals surface area contributed by atoms with Crippen LogP contribution in [0.15, 0.2) is 18.2 Å². The lowest BCUT2D eigenvalue weighted by molar-refractivity contribution is -0.121. The van der Waals surface area contributed by atoms with Crippen LogP contribution < -0.4 is 25.8 Å². The second kappa shape index (κ2) is 13.4. The molecule has 2 aromatic carbocycles. The SMILES string of the molecule is C1CC1.N#Cc1c(N)sc2c(F)ccc(-c3c(Cl)cc4c(OC5CCC(NC(=O)C6CN6)C5)nc(OCC56CCCN5CCC6)nc4c3F)c12. The minimum atomic E-state index is -0.777. The minimum Gasteiger partial charge on any atom is -0.474 e. The highest BCUT2D eigenvalue weighted by atomic mass is 35.5. The van der Waals surface area contributed by atoms with E-state index in [1.54, 1.807) is 0 Å². The topological polar surface area (TPSA) is 148 Å². The maximum absolute atomic E-state index is 16.9. The van der Waals surface area contributed by atoms with Crippen LogP contribution in [0, 0.1) is 23.0 Å². The molecule has 10 nitrogen and oxygen atoms in total. The number of hydrogen-bond acceptors (Lipinski definition) is 10. The Balaban J connectivity index is 0.00000114. The number of nitrogens with zero attached hydrogens (tertiary/aromatic N) is 4. The van der Waals surface area contributed by atoms with Gasteiger partial charge in [0, 0.05) is 30.0 Å². The highest BCUT2D eigenvalue weighted by Crippen LogP contribution is 2.46. The summed E-state index contributed by atoms with van der Waals surface area (Å²) in [4.78, 5) is 23.9. The van der Waals surface area contributed by atoms with Crippen LogP contribution >= 0.6 is 22.9 Å². The Labute approximate surface area is 297 Å². The van der Waals surface area contributed by atoms with Gasteiger partial charge in [-0.3, -0.25) is 9.69 Å². The van der Waals surface area contributed by atoms with Gasteiger partial charge in [0.25, 0.3) is 0 Å². The van der Waals surface area contributed by atoms with E-state index in [1.807, 2.05) is 6.07 Å². The van der Waals surface area contributed by atoms with Crippen molar-refractivity contribution in [3.63, 3.8) is 0 Å². The van der Waals surface area contributed by atoms with E-state index >= 15 is 4.39 Å². The Bertz CT molecular complexity index is 2020. The molecule has 262 valence electrons. The van der Waals surface area contributed by atoms with Gasteiger partial charge in [0.05, 0.1) is 32.3 Å². The first-order valence-electron chi connectivity index (χ1n) is 17.4. The van der Waals surface area contributed by atoms with Gasteiger partial charge in [-0.05, 0) is 69.3 Å². The smallest absolute Gasteiger partial charge is 0.320 e. The van der Waals surface area contributed by atoms with Crippen LogP contribution in [-0.2, 0) is 4.79 Å². The molecule has 2 aromatic heterocycles. The standard InChI is InChI=1S/C33H32ClF2N7O3S.C3H6/c34-21-12-19-27(26(36)25(21)18-5-6-22(35)28-24(18)20(13-37)29(38)47-28)41-32(45-15-33-7-1-9-43(33)10-2-8-33)42-31(19)46-17-4-3-16(11-17)40-30(44)23-14-39-23;1-2-3-1/h5-6,12,16-17,23,39H,1-4,7-11,14-15,38H2,(H,40,44);1-3H2. The molecule has 5 fully saturated rings. The van der Waals surface area contributed by atoms with Crippen molar-refractivity contribution in [2.24, 2.45) is 0 Å². The number of nitrogens with one attached hydrogen (secondary N) is 2. The van der Waals surface area contributed by atoms with E-state index in [4.69, 9.17) is 26.8 Å². The quantitative estimate of drug-likeness (QED) is 0.174. The number of carbonyl (C=O) groups is 1. The van der Waals surface area contributed by atoms with Gasteiger partial charge in [-0.2, -0.15) is 15.2 Å². The zero-order chi connectivity index (χ0) is 34.6. The number of fused-ring (bicyclic) bond motifs is 3. The fourth-order valence-corrected chi connectivity index (χ4v) is 8.84. The molecule has 2 saturated carbocycles. The number of halogens is 3. The molecule has 2 aliphatic carbocycles. The lowest BCUT2D eigenvalue weighted by Crippen LogP contribution is -2.43. The minimum absolute atomic E-state index is 0.0126. The Morgan fingerprint density at radius 3 is 2.64 bits per heavy atom. The van der Waals surface area contributed by atoms with Crippen molar-refractivity contribution in [3.05, 3.63) is 40.4 Å². The van der Waals surface area contributed by atoms with Crippen molar-refractivity contribution in [1.82, 2.24) is 25.5 Å². The predicted molar refractivity (Wildman–Crippen MR) is 189 cm³/mol. The number of thiophene rings is 1. The van der Waals surface area contributed by atoms with Gasteiger partial charge in [-0.15, -0.1) is 11.3 Å². The van der Waals surface area contributed by atoms with E-state index in [9.17, 15) is 14.4 Å². The summed E-state index contributed by atoms with van der Waals surface area (Å²) in [5, 5.41) is 16.5. The first kappa shape index (κ1) is 33.3. The number of nitriles is 1. The second-order valence-corrected chi connectivity index (χ2v) is 15.5. The summed E-state index contributed by atoms with van der Waals surface area (Å²) in [7, 11) is 0. The maximum atomic E-state index is 16.9. The molecule has 3 aliphatic heterocycles. The van der Waals surface area contributed by atoms with Gasteiger partial charge in [0.15, 0.2) is 5.82 Å². The molecule has 3 atom stereocenters. The lowest BCUT2D eigenvalue weighted by Gasteiger charge is -2.31. The molecular formula is C36H38ClF2N7O3S. The van der Waals surface area contributed by atoms with Crippen LogP contribution in [0.2, 0.25) is 5.02 Å². The number of rotatable bonds is 8. The molecule has 3 unspecified atom stereocenters. The molecule has 1 amide bonds. The number of benzene rings is 2. The number of amides is 1. The molecule has 0 spiro atoms. The zero-order valence-corrected chi connectivity index (χ0v) is 29.1. The Kier molecular flexibility index (Phi) is 8.91. The number of nitrogens with two attached hydrogens (primary N) is 1. The van der Waals surface area contributed by atoms with Crippen LogP contribution in [0.1, 0.15) is 69.8 Å². The fourth-order valence-electron chi connectivity index (χ4n) is 7.60. The summed E-state index contributed by atoms with van der Waals surface area (Å²) in [5.41, 5.74) is 6.14. The summed E-state index contributed by atoms with van der Waals surface area (Å²) >= 11 is 7.72. The van der Waals surface area contributed by atoms with Crippen LogP contribution in [0.5, 0.6) is 11.9 Å². The van der Waals surface area contributed by atoms with Crippen molar-refractivity contribution < 1.29 is 23.0 Å². The molecule has 9 rings (SSSR count). The molecule has 4 N–H and O–H groups in total. The van der Waals surface area contributed by atoms with E-state index < -0.39 is 11.6 Å². The molecule has 4 aromatic rings. The van der Waals surface area contributed by atoms with E-state index in [-0.39, 0.29) is 89.2 Å². The van der Waals surface area contributed by atoms with Crippen molar-refractivity contribution in [2.75, 3.05) is 32.0 Å². The van der Waals surface area contributed by atoms with Crippen LogP contribution in [0.25, 0.3) is 32.1 Å². The number of hydrogen-bond donors (Lipinski definition) is 3. The van der Waals surface area contributed by atoms with Gasteiger partial charge < -0.3 is 25.8 Å². The molecule has 0 bridgehead atoms. The first-order chi connectivity index (χ1) is 24.2. The second-order valence-electron chi connectivity index (χ2n) is 14.0. The zero-order valence-electron chi connectivity index (χ0n) is 27.5. The largest absolute Gasteiger partial charge is 0.474 e. The highest BCUT2D eigenvalue weighted by molar-refractivity contribution is 7.23. The van der Waals surface area contributed by atoms with Crippen LogP contribution in [-0.4, -0.2) is 70.7 Å².